The molecule has 0 fully saturated rings. The lowest BCUT2D eigenvalue weighted by Gasteiger charge is -2.19. The predicted molar refractivity (Wildman–Crippen MR) is 77.8 cm³/mol. The third-order valence-corrected chi connectivity index (χ3v) is 3.55. The van der Waals surface area contributed by atoms with E-state index < -0.39 is 0 Å². The number of ether oxygens (including phenoxy) is 2. The van der Waals surface area contributed by atoms with Crippen LogP contribution in [-0.2, 0) is 11.2 Å². The number of hydrogen-bond donors (Lipinski definition) is 1. The Balaban J connectivity index is 1.97. The lowest BCUT2D eigenvalue weighted by molar-refractivity contribution is 0.141. The van der Waals surface area contributed by atoms with Crippen LogP contribution in [0, 0.1) is 0 Å². The molecule has 3 heteroatoms. The second kappa shape index (κ2) is 7.51. The van der Waals surface area contributed by atoms with E-state index in [2.05, 4.69) is 30.4 Å². The van der Waals surface area contributed by atoms with Crippen molar-refractivity contribution in [2.45, 2.75) is 39.2 Å². The van der Waals surface area contributed by atoms with E-state index >= 15 is 0 Å². The second-order valence-corrected chi connectivity index (χ2v) is 4.92. The van der Waals surface area contributed by atoms with Crippen molar-refractivity contribution in [2.24, 2.45) is 0 Å². The molecule has 0 saturated heterocycles. The van der Waals surface area contributed by atoms with Gasteiger partial charge in [0.15, 0.2) is 0 Å². The lowest BCUT2D eigenvalue weighted by atomic mass is 9.99. The molecule has 1 N–H and O–H groups in total. The summed E-state index contributed by atoms with van der Waals surface area (Å²) in [6.45, 7) is 7.69. The van der Waals surface area contributed by atoms with E-state index in [0.29, 0.717) is 6.04 Å². The zero-order valence-electron chi connectivity index (χ0n) is 12.1. The van der Waals surface area contributed by atoms with Crippen molar-refractivity contribution in [3.05, 3.63) is 29.3 Å². The Kier molecular flexibility index (Phi) is 5.67. The minimum absolute atomic E-state index is 0.427. The van der Waals surface area contributed by atoms with Gasteiger partial charge in [-0.05, 0) is 43.5 Å². The van der Waals surface area contributed by atoms with E-state index in [4.69, 9.17) is 9.47 Å². The van der Waals surface area contributed by atoms with Crippen molar-refractivity contribution in [1.82, 2.24) is 5.32 Å². The minimum Gasteiger partial charge on any atom is -0.493 e. The van der Waals surface area contributed by atoms with Gasteiger partial charge >= 0.3 is 0 Å². The zero-order chi connectivity index (χ0) is 13.5. The molecule has 19 heavy (non-hydrogen) atoms. The van der Waals surface area contributed by atoms with Crippen LogP contribution in [0.3, 0.4) is 0 Å². The summed E-state index contributed by atoms with van der Waals surface area (Å²) in [4.78, 5) is 0. The minimum atomic E-state index is 0.427. The molecule has 1 aliphatic rings. The molecule has 0 radical (unpaired) electrons. The summed E-state index contributed by atoms with van der Waals surface area (Å²) in [5.41, 5.74) is 2.73. The van der Waals surface area contributed by atoms with Gasteiger partial charge in [0, 0.05) is 25.7 Å². The van der Waals surface area contributed by atoms with E-state index in [-0.39, 0.29) is 0 Å². The maximum Gasteiger partial charge on any atom is 0.122 e. The Hall–Kier alpha value is -1.06. The molecule has 2 rings (SSSR count). The van der Waals surface area contributed by atoms with Crippen molar-refractivity contribution in [1.29, 1.82) is 0 Å². The van der Waals surface area contributed by atoms with Crippen LogP contribution in [0.2, 0.25) is 0 Å². The largest absolute Gasteiger partial charge is 0.493 e. The molecule has 3 nitrogen and oxygen atoms in total. The molecule has 0 spiro atoms. The molecule has 0 aromatic heterocycles. The van der Waals surface area contributed by atoms with Gasteiger partial charge < -0.3 is 14.8 Å². The average molecular weight is 263 g/mol. The summed E-state index contributed by atoms with van der Waals surface area (Å²) in [5, 5.41) is 3.57. The summed E-state index contributed by atoms with van der Waals surface area (Å²) in [6.07, 6.45) is 3.26. The van der Waals surface area contributed by atoms with Gasteiger partial charge in [0.1, 0.15) is 5.75 Å². The standard InChI is InChI=1S/C16H25NO2/c1-3-17-15(6-5-10-18-4-2)13-7-8-16-14(12-13)9-11-19-16/h7-8,12,15,17H,3-6,9-11H2,1-2H3. The van der Waals surface area contributed by atoms with Gasteiger partial charge in [-0.1, -0.05) is 19.1 Å². The van der Waals surface area contributed by atoms with Crippen molar-refractivity contribution >= 4 is 0 Å². The van der Waals surface area contributed by atoms with Crippen LogP contribution in [-0.4, -0.2) is 26.4 Å². The Morgan fingerprint density at radius 1 is 1.37 bits per heavy atom. The summed E-state index contributed by atoms with van der Waals surface area (Å²) >= 11 is 0. The van der Waals surface area contributed by atoms with Crippen LogP contribution in [0.5, 0.6) is 5.75 Å². The van der Waals surface area contributed by atoms with Crippen LogP contribution in [0.1, 0.15) is 43.9 Å². The van der Waals surface area contributed by atoms with Crippen LogP contribution >= 0.6 is 0 Å². The average Bonchev–Trinajstić information content (AvgIpc) is 2.89. The molecule has 1 atom stereocenters. The molecule has 1 unspecified atom stereocenters. The van der Waals surface area contributed by atoms with E-state index in [1.54, 1.807) is 0 Å². The van der Waals surface area contributed by atoms with Crippen LogP contribution in [0.25, 0.3) is 0 Å². The molecular formula is C16H25NO2. The van der Waals surface area contributed by atoms with Gasteiger partial charge in [-0.3, -0.25) is 0 Å². The lowest BCUT2D eigenvalue weighted by Crippen LogP contribution is -2.21. The van der Waals surface area contributed by atoms with Crippen LogP contribution < -0.4 is 10.1 Å². The third kappa shape index (κ3) is 3.95. The Labute approximate surface area is 116 Å². The normalized spacial score (nSPS) is 15.1. The number of fused-ring (bicyclic) bond motifs is 1. The summed E-state index contributed by atoms with van der Waals surface area (Å²) < 4.78 is 11.0. The number of nitrogens with one attached hydrogen (secondary N) is 1. The van der Waals surface area contributed by atoms with Crippen LogP contribution in [0.15, 0.2) is 18.2 Å². The summed E-state index contributed by atoms with van der Waals surface area (Å²) in [7, 11) is 0. The van der Waals surface area contributed by atoms with Gasteiger partial charge in [-0.2, -0.15) is 0 Å². The Morgan fingerprint density at radius 2 is 2.26 bits per heavy atom. The molecule has 0 bridgehead atoms. The molecule has 1 aliphatic heterocycles. The highest BCUT2D eigenvalue weighted by atomic mass is 16.5. The van der Waals surface area contributed by atoms with Gasteiger partial charge in [0.25, 0.3) is 0 Å². The van der Waals surface area contributed by atoms with E-state index in [1.807, 2.05) is 6.92 Å². The fourth-order valence-electron chi connectivity index (χ4n) is 2.59. The Morgan fingerprint density at radius 3 is 3.05 bits per heavy atom. The first kappa shape index (κ1) is 14.4. The quantitative estimate of drug-likeness (QED) is 0.731. The van der Waals surface area contributed by atoms with Gasteiger partial charge in [0.2, 0.25) is 0 Å². The van der Waals surface area contributed by atoms with Gasteiger partial charge in [-0.15, -0.1) is 0 Å². The number of hydrogen-bond acceptors (Lipinski definition) is 3. The number of benzene rings is 1. The zero-order valence-corrected chi connectivity index (χ0v) is 12.1. The number of rotatable bonds is 8. The highest BCUT2D eigenvalue weighted by Crippen LogP contribution is 2.29. The topological polar surface area (TPSA) is 30.5 Å². The third-order valence-electron chi connectivity index (χ3n) is 3.55. The summed E-state index contributed by atoms with van der Waals surface area (Å²) in [5.74, 6) is 1.06. The molecule has 1 aromatic rings. The smallest absolute Gasteiger partial charge is 0.122 e. The van der Waals surface area contributed by atoms with E-state index in [9.17, 15) is 0 Å². The Bertz CT molecular complexity index is 392. The first-order valence-corrected chi connectivity index (χ1v) is 7.42. The van der Waals surface area contributed by atoms with Crippen LogP contribution in [0.4, 0.5) is 0 Å². The highest BCUT2D eigenvalue weighted by Gasteiger charge is 2.16. The molecule has 1 aromatic carbocycles. The fourth-order valence-corrected chi connectivity index (χ4v) is 2.59. The highest BCUT2D eigenvalue weighted by molar-refractivity contribution is 5.40. The van der Waals surface area contributed by atoms with Crippen molar-refractivity contribution in [3.8, 4) is 5.75 Å². The van der Waals surface area contributed by atoms with Gasteiger partial charge in [0.05, 0.1) is 6.61 Å². The predicted octanol–water partition coefficient (Wildman–Crippen LogP) is 3.09. The maximum atomic E-state index is 5.57. The molecule has 0 saturated carbocycles. The van der Waals surface area contributed by atoms with Crippen molar-refractivity contribution in [2.75, 3.05) is 26.4 Å². The molecular weight excluding hydrogens is 238 g/mol. The molecule has 1 heterocycles. The van der Waals surface area contributed by atoms with E-state index in [0.717, 1.165) is 51.4 Å². The maximum absolute atomic E-state index is 5.57. The first-order valence-electron chi connectivity index (χ1n) is 7.42. The van der Waals surface area contributed by atoms with Crippen molar-refractivity contribution in [3.63, 3.8) is 0 Å². The summed E-state index contributed by atoms with van der Waals surface area (Å²) in [6, 6.07) is 7.04. The van der Waals surface area contributed by atoms with E-state index in [1.165, 1.54) is 11.1 Å². The second-order valence-electron chi connectivity index (χ2n) is 4.92. The molecule has 0 amide bonds. The SMILES string of the molecule is CCNC(CCCOCC)c1ccc2c(c1)CCO2. The molecule has 0 aliphatic carbocycles. The van der Waals surface area contributed by atoms with Gasteiger partial charge in [-0.25, -0.2) is 0 Å². The van der Waals surface area contributed by atoms with Crippen molar-refractivity contribution < 1.29 is 9.47 Å². The molecule has 106 valence electrons. The first-order chi connectivity index (χ1) is 9.35. The monoisotopic (exact) mass is 263 g/mol. The fraction of sp³-hybridized carbons (Fsp3) is 0.625.